The lowest BCUT2D eigenvalue weighted by atomic mass is 10.0. The summed E-state index contributed by atoms with van der Waals surface area (Å²) in [6.07, 6.45) is 1.48. The summed E-state index contributed by atoms with van der Waals surface area (Å²) in [5.41, 5.74) is 7.08. The molecule has 1 unspecified atom stereocenters. The van der Waals surface area contributed by atoms with Crippen molar-refractivity contribution in [1.29, 1.82) is 0 Å². The Morgan fingerprint density at radius 1 is 1.50 bits per heavy atom. The minimum Gasteiger partial charge on any atom is -0.379 e. The molecule has 0 aromatic heterocycles. The van der Waals surface area contributed by atoms with E-state index in [0.717, 1.165) is 18.6 Å². The van der Waals surface area contributed by atoms with Gasteiger partial charge in [-0.15, -0.1) is 0 Å². The second-order valence-corrected chi connectivity index (χ2v) is 4.76. The van der Waals surface area contributed by atoms with Crippen molar-refractivity contribution in [2.75, 3.05) is 20.3 Å². The molecule has 1 aliphatic rings. The minimum atomic E-state index is -0.474. The van der Waals surface area contributed by atoms with Gasteiger partial charge < -0.3 is 15.4 Å². The van der Waals surface area contributed by atoms with E-state index in [1.807, 2.05) is 37.4 Å². The molecule has 0 aliphatic carbocycles. The average molecular weight is 248 g/mol. The van der Waals surface area contributed by atoms with Crippen LogP contribution < -0.4 is 5.73 Å². The fraction of sp³-hybridized carbons (Fsp3) is 0.500. The third kappa shape index (κ3) is 3.09. The summed E-state index contributed by atoms with van der Waals surface area (Å²) in [4.78, 5) is 13.9. The summed E-state index contributed by atoms with van der Waals surface area (Å²) in [6, 6.07) is 9.57. The Bertz CT molecular complexity index is 388. The van der Waals surface area contributed by atoms with Gasteiger partial charge in [-0.1, -0.05) is 30.3 Å². The summed E-state index contributed by atoms with van der Waals surface area (Å²) in [7, 11) is 1.81. The second kappa shape index (κ2) is 5.98. The molecular weight excluding hydrogens is 228 g/mol. The summed E-state index contributed by atoms with van der Waals surface area (Å²) in [6.45, 7) is 1.36. The Labute approximate surface area is 108 Å². The summed E-state index contributed by atoms with van der Waals surface area (Å²) >= 11 is 0. The van der Waals surface area contributed by atoms with Crippen molar-refractivity contribution < 1.29 is 9.53 Å². The van der Waals surface area contributed by atoms with Crippen LogP contribution in [-0.4, -0.2) is 43.2 Å². The quantitative estimate of drug-likeness (QED) is 0.857. The fourth-order valence-corrected chi connectivity index (χ4v) is 2.22. The monoisotopic (exact) mass is 248 g/mol. The van der Waals surface area contributed by atoms with E-state index < -0.39 is 6.04 Å². The van der Waals surface area contributed by atoms with E-state index in [1.54, 1.807) is 4.90 Å². The van der Waals surface area contributed by atoms with E-state index in [2.05, 4.69) is 0 Å². The first-order valence-electron chi connectivity index (χ1n) is 6.32. The molecule has 18 heavy (non-hydrogen) atoms. The van der Waals surface area contributed by atoms with Crippen molar-refractivity contribution in [3.63, 3.8) is 0 Å². The van der Waals surface area contributed by atoms with Gasteiger partial charge in [0.25, 0.3) is 0 Å². The lowest BCUT2D eigenvalue weighted by molar-refractivity contribution is -0.133. The molecule has 2 rings (SSSR count). The van der Waals surface area contributed by atoms with Gasteiger partial charge in [-0.05, 0) is 18.4 Å². The molecule has 4 nitrogen and oxygen atoms in total. The molecule has 0 bridgehead atoms. The van der Waals surface area contributed by atoms with Crippen LogP contribution in [0.25, 0.3) is 0 Å². The van der Waals surface area contributed by atoms with E-state index in [9.17, 15) is 4.79 Å². The van der Waals surface area contributed by atoms with Crippen molar-refractivity contribution in [3.05, 3.63) is 35.9 Å². The number of hydrogen-bond donors (Lipinski definition) is 1. The van der Waals surface area contributed by atoms with Crippen LogP contribution in [0.4, 0.5) is 0 Å². The molecule has 98 valence electrons. The Balaban J connectivity index is 1.91. The number of nitrogens with zero attached hydrogens (tertiary/aromatic N) is 1. The molecule has 0 spiro atoms. The predicted molar refractivity (Wildman–Crippen MR) is 70.1 cm³/mol. The molecule has 1 heterocycles. The Morgan fingerprint density at radius 2 is 2.22 bits per heavy atom. The summed E-state index contributed by atoms with van der Waals surface area (Å²) in [5, 5.41) is 0. The number of amides is 1. The van der Waals surface area contributed by atoms with Crippen molar-refractivity contribution in [2.24, 2.45) is 5.73 Å². The fourth-order valence-electron chi connectivity index (χ4n) is 2.22. The highest BCUT2D eigenvalue weighted by Crippen LogP contribution is 2.12. The van der Waals surface area contributed by atoms with Gasteiger partial charge in [-0.3, -0.25) is 4.79 Å². The first-order chi connectivity index (χ1) is 8.68. The van der Waals surface area contributed by atoms with Crippen LogP contribution in [0, 0.1) is 0 Å². The molecule has 1 amide bonds. The van der Waals surface area contributed by atoms with Crippen molar-refractivity contribution in [1.82, 2.24) is 4.90 Å². The molecule has 1 aromatic rings. The molecule has 4 heteroatoms. The summed E-state index contributed by atoms with van der Waals surface area (Å²) < 4.78 is 5.29. The van der Waals surface area contributed by atoms with Crippen LogP contribution in [0.5, 0.6) is 0 Å². The number of hydrogen-bond acceptors (Lipinski definition) is 3. The number of ether oxygens (including phenoxy) is 1. The van der Waals surface area contributed by atoms with E-state index in [0.29, 0.717) is 13.0 Å². The lowest BCUT2D eigenvalue weighted by Crippen LogP contribution is -2.47. The van der Waals surface area contributed by atoms with E-state index in [4.69, 9.17) is 10.5 Å². The Hall–Kier alpha value is -1.39. The largest absolute Gasteiger partial charge is 0.379 e. The van der Waals surface area contributed by atoms with Gasteiger partial charge in [-0.2, -0.15) is 0 Å². The minimum absolute atomic E-state index is 0.00523. The molecule has 1 fully saturated rings. The predicted octanol–water partition coefficient (Wildman–Crippen LogP) is 0.804. The van der Waals surface area contributed by atoms with Gasteiger partial charge in [0.2, 0.25) is 5.91 Å². The number of benzene rings is 1. The molecule has 2 atom stereocenters. The first kappa shape index (κ1) is 13.1. The molecule has 2 N–H and O–H groups in total. The van der Waals surface area contributed by atoms with Crippen LogP contribution in [0.15, 0.2) is 30.3 Å². The average Bonchev–Trinajstić information content (AvgIpc) is 2.92. The van der Waals surface area contributed by atoms with Crippen molar-refractivity contribution in [2.45, 2.75) is 24.9 Å². The van der Waals surface area contributed by atoms with Crippen LogP contribution >= 0.6 is 0 Å². The third-order valence-electron chi connectivity index (χ3n) is 3.42. The van der Waals surface area contributed by atoms with E-state index in [-0.39, 0.29) is 11.9 Å². The maximum Gasteiger partial charge on any atom is 0.239 e. The normalized spacial score (nSPS) is 20.7. The number of carbonyl (C=O) groups is 1. The maximum absolute atomic E-state index is 12.2. The van der Waals surface area contributed by atoms with Crippen LogP contribution in [-0.2, 0) is 16.0 Å². The molecule has 1 aromatic carbocycles. The highest BCUT2D eigenvalue weighted by atomic mass is 16.5. The lowest BCUT2D eigenvalue weighted by Gasteiger charge is -2.26. The highest BCUT2D eigenvalue weighted by Gasteiger charge is 2.27. The topological polar surface area (TPSA) is 55.6 Å². The number of likely N-dealkylation sites (N-methyl/N-ethyl adjacent to an activating group) is 1. The number of nitrogens with two attached hydrogens (primary N) is 1. The van der Waals surface area contributed by atoms with Crippen molar-refractivity contribution >= 4 is 5.91 Å². The van der Waals surface area contributed by atoms with Gasteiger partial charge in [0.05, 0.1) is 18.7 Å². The third-order valence-corrected chi connectivity index (χ3v) is 3.42. The number of carbonyl (C=O) groups excluding carboxylic acids is 1. The maximum atomic E-state index is 12.2. The second-order valence-electron chi connectivity index (χ2n) is 4.76. The Kier molecular flexibility index (Phi) is 4.33. The van der Waals surface area contributed by atoms with Gasteiger partial charge in [0.1, 0.15) is 0 Å². The molecule has 0 saturated carbocycles. The Morgan fingerprint density at radius 3 is 2.83 bits per heavy atom. The zero-order chi connectivity index (χ0) is 13.0. The molecule has 1 aliphatic heterocycles. The van der Waals surface area contributed by atoms with Gasteiger partial charge >= 0.3 is 0 Å². The highest BCUT2D eigenvalue weighted by molar-refractivity contribution is 5.82. The van der Waals surface area contributed by atoms with Gasteiger partial charge in [0, 0.05) is 13.7 Å². The van der Waals surface area contributed by atoms with Gasteiger partial charge in [0.15, 0.2) is 0 Å². The smallest absolute Gasteiger partial charge is 0.239 e. The standard InChI is InChI=1S/C14H20N2O2/c1-16(12-7-8-18-10-12)14(17)13(15)9-11-5-3-2-4-6-11/h2-6,12-13H,7-10,15H2,1H3/t12?,13-/m0/s1. The molecular formula is C14H20N2O2. The SMILES string of the molecule is CN(C(=O)[C@@H](N)Cc1ccccc1)C1CCOC1. The van der Waals surface area contributed by atoms with Crippen LogP contribution in [0.3, 0.4) is 0 Å². The van der Waals surface area contributed by atoms with Gasteiger partial charge in [-0.25, -0.2) is 0 Å². The van der Waals surface area contributed by atoms with Crippen LogP contribution in [0.2, 0.25) is 0 Å². The molecule has 0 radical (unpaired) electrons. The summed E-state index contributed by atoms with van der Waals surface area (Å²) in [5.74, 6) is -0.00523. The van der Waals surface area contributed by atoms with E-state index >= 15 is 0 Å². The zero-order valence-corrected chi connectivity index (χ0v) is 10.7. The van der Waals surface area contributed by atoms with E-state index in [1.165, 1.54) is 0 Å². The van der Waals surface area contributed by atoms with Crippen LogP contribution in [0.1, 0.15) is 12.0 Å². The zero-order valence-electron chi connectivity index (χ0n) is 10.7. The van der Waals surface area contributed by atoms with Crippen molar-refractivity contribution in [3.8, 4) is 0 Å². The first-order valence-corrected chi connectivity index (χ1v) is 6.32. The number of rotatable bonds is 4. The molecule has 1 saturated heterocycles.